The number of carbonyl (C=O) groups excluding carboxylic acids is 1. The van der Waals surface area contributed by atoms with E-state index in [-0.39, 0.29) is 70.6 Å². The maximum absolute atomic E-state index is 11.9. The van der Waals surface area contributed by atoms with E-state index >= 15 is 0 Å². The summed E-state index contributed by atoms with van der Waals surface area (Å²) in [4.78, 5) is 11.9. The van der Waals surface area contributed by atoms with Crippen LogP contribution < -0.4 is 66.7 Å². The zero-order chi connectivity index (χ0) is 16.0. The molecule has 1 saturated heterocycles. The molecule has 5 nitrogen and oxygen atoms in total. The van der Waals surface area contributed by atoms with Gasteiger partial charge in [0.25, 0.3) is 0 Å². The van der Waals surface area contributed by atoms with E-state index in [2.05, 4.69) is 16.4 Å². The van der Waals surface area contributed by atoms with Crippen molar-refractivity contribution >= 4 is 29.5 Å². The summed E-state index contributed by atoms with van der Waals surface area (Å²) in [6.45, 7) is 9.95. The molecule has 124 valence electrons. The number of nitrogens with one attached hydrogen (secondary N) is 1. The molecule has 2 unspecified atom stereocenters. The smallest absolute Gasteiger partial charge is 0.358 e. The Hall–Kier alpha value is -0.0536. The Balaban J connectivity index is 0. The first kappa shape index (κ1) is 25.2. The third-order valence-corrected chi connectivity index (χ3v) is 4.16. The van der Waals surface area contributed by atoms with E-state index < -0.39 is 11.0 Å². The van der Waals surface area contributed by atoms with Crippen molar-refractivity contribution in [1.82, 2.24) is 14.5 Å². The molecule has 1 aromatic rings. The van der Waals surface area contributed by atoms with Gasteiger partial charge < -0.3 is 7.43 Å². The van der Waals surface area contributed by atoms with E-state index in [1.807, 2.05) is 46.0 Å². The van der Waals surface area contributed by atoms with Crippen LogP contribution in [0.15, 0.2) is 12.2 Å². The van der Waals surface area contributed by atoms with E-state index in [1.165, 1.54) is 0 Å². The van der Waals surface area contributed by atoms with Gasteiger partial charge in [0.1, 0.15) is 11.0 Å². The summed E-state index contributed by atoms with van der Waals surface area (Å²) in [5.41, 5.74) is 0.674. The molecule has 1 N–H and O–H groups in total. The van der Waals surface area contributed by atoms with Gasteiger partial charge in [-0.1, -0.05) is 32.6 Å². The minimum atomic E-state index is -1.25. The van der Waals surface area contributed by atoms with Gasteiger partial charge >= 0.3 is 51.4 Å². The van der Waals surface area contributed by atoms with E-state index in [4.69, 9.17) is 0 Å². The largest absolute Gasteiger partial charge is 1.00 e. The van der Waals surface area contributed by atoms with Crippen LogP contribution in [0.4, 0.5) is 0 Å². The first-order valence-corrected chi connectivity index (χ1v) is 8.40. The summed E-state index contributed by atoms with van der Waals surface area (Å²) in [6, 6.07) is 0. The first-order chi connectivity index (χ1) is 10.0. The van der Waals surface area contributed by atoms with Crippen molar-refractivity contribution in [3.05, 3.63) is 35.8 Å². The number of aryl methyl sites for hydroxylation is 1. The summed E-state index contributed by atoms with van der Waals surface area (Å²) in [7, 11) is 0.578. The molecule has 1 amide bonds. The fourth-order valence-corrected chi connectivity index (χ4v) is 3.05. The molecule has 0 bridgehead atoms. The van der Waals surface area contributed by atoms with E-state index in [0.717, 1.165) is 10.6 Å². The van der Waals surface area contributed by atoms with Crippen LogP contribution in [-0.2, 0) is 22.8 Å². The number of allylic oxidation sites excluding steroid dienone is 2. The number of amides is 1. The molecule has 2 heterocycles. The Morgan fingerprint density at radius 2 is 2.04 bits per heavy atom. The number of hydrogen-bond donors (Lipinski definition) is 1. The molecular weight excluding hydrogens is 337 g/mol. The molecule has 1 aliphatic heterocycles. The Morgan fingerprint density at radius 1 is 1.43 bits per heavy atom. The molecule has 0 aromatic carbocycles. The fraction of sp³-hybridized carbons (Fsp3) is 0.438. The monoisotopic (exact) mass is 363 g/mol. The Kier molecular flexibility index (Phi) is 13.5. The summed E-state index contributed by atoms with van der Waals surface area (Å²) in [5.74, 6) is -0.130. The molecule has 7 heteroatoms. The van der Waals surface area contributed by atoms with Gasteiger partial charge in [0.05, 0.1) is 17.0 Å². The quantitative estimate of drug-likeness (QED) is 0.485. The topological polar surface area (TPSA) is 64.0 Å². The normalized spacial score (nSPS) is 20.9. The van der Waals surface area contributed by atoms with Gasteiger partial charge in [0.15, 0.2) is 0 Å². The van der Waals surface area contributed by atoms with Gasteiger partial charge in [-0.3, -0.25) is 14.2 Å². The molecule has 1 aromatic heterocycles. The molecule has 0 aliphatic carbocycles. The summed E-state index contributed by atoms with van der Waals surface area (Å²) < 4.78 is 15.4. The Bertz CT molecular complexity index is 668. The summed E-state index contributed by atoms with van der Waals surface area (Å²) >= 11 is 0. The van der Waals surface area contributed by atoms with E-state index in [1.54, 1.807) is 4.68 Å². The van der Waals surface area contributed by atoms with Gasteiger partial charge in [0.2, 0.25) is 5.91 Å². The zero-order valence-electron chi connectivity index (χ0n) is 15.0. The average molecular weight is 364 g/mol. The second kappa shape index (κ2) is 12.3. The van der Waals surface area contributed by atoms with Crippen LogP contribution in [0.2, 0.25) is 0 Å². The number of rotatable bonds is 2. The van der Waals surface area contributed by atoms with Crippen LogP contribution in [0.5, 0.6) is 0 Å². The van der Waals surface area contributed by atoms with Crippen molar-refractivity contribution in [1.29, 1.82) is 0 Å². The second-order valence-corrected chi connectivity index (χ2v) is 5.73. The van der Waals surface area contributed by atoms with Crippen molar-refractivity contribution in [3.8, 4) is 0 Å². The van der Waals surface area contributed by atoms with Crippen molar-refractivity contribution in [2.24, 2.45) is 7.05 Å². The summed E-state index contributed by atoms with van der Waals surface area (Å²) in [6.07, 6.45) is 6.28. The molecule has 2 atom stereocenters. The van der Waals surface area contributed by atoms with Gasteiger partial charge in [0, 0.05) is 18.0 Å². The molecule has 0 radical (unpaired) electrons. The molecule has 0 spiro atoms. The average Bonchev–Trinajstić information content (AvgIpc) is 2.74. The van der Waals surface area contributed by atoms with Gasteiger partial charge in [-0.2, -0.15) is 5.10 Å². The minimum absolute atomic E-state index is 0. The predicted octanol–water partition coefficient (Wildman–Crippen LogP) is -2.07. The van der Waals surface area contributed by atoms with Crippen LogP contribution in [0, 0.1) is 7.43 Å². The van der Waals surface area contributed by atoms with E-state index in [0.29, 0.717) is 17.9 Å². The van der Waals surface area contributed by atoms with Gasteiger partial charge in [-0.05, 0) is 19.4 Å². The molecule has 2 rings (SSSR count). The Morgan fingerprint density at radius 3 is 2.57 bits per heavy atom. The number of carbonyl (C=O) groups is 1. The van der Waals surface area contributed by atoms with Crippen molar-refractivity contribution in [3.63, 3.8) is 0 Å². The number of nitrogens with zero attached hydrogens (tertiary/aromatic N) is 2. The Labute approximate surface area is 184 Å². The zero-order valence-corrected chi connectivity index (χ0v) is 19.0. The molecule has 23 heavy (non-hydrogen) atoms. The van der Waals surface area contributed by atoms with Crippen LogP contribution in [0.1, 0.15) is 38.8 Å². The SMILES string of the molecule is C=c1c(C2CCS(=O)NC2=O)nn(C)/c1=C/C=C\C.CC.[CH3-].[K+]. The van der Waals surface area contributed by atoms with Crippen LogP contribution in [-0.4, -0.2) is 25.6 Å². The van der Waals surface area contributed by atoms with Crippen LogP contribution in [0.25, 0.3) is 12.7 Å². The first-order valence-electron chi connectivity index (χ1n) is 7.08. The fourth-order valence-electron chi connectivity index (χ4n) is 2.13. The van der Waals surface area contributed by atoms with Crippen molar-refractivity contribution < 1.29 is 60.4 Å². The number of hydrogen-bond acceptors (Lipinski definition) is 3. The predicted molar refractivity (Wildman–Crippen MR) is 93.5 cm³/mol. The maximum atomic E-state index is 11.9. The second-order valence-electron chi connectivity index (χ2n) is 4.42. The molecule has 1 aliphatic rings. The summed E-state index contributed by atoms with van der Waals surface area (Å²) in [5, 5.41) is 6.03. The van der Waals surface area contributed by atoms with Gasteiger partial charge in [-0.15, -0.1) is 0 Å². The van der Waals surface area contributed by atoms with Crippen LogP contribution >= 0.6 is 0 Å². The van der Waals surface area contributed by atoms with Crippen LogP contribution in [0.3, 0.4) is 0 Å². The molecular formula is C16H26KN3O2S. The maximum Gasteiger partial charge on any atom is 1.00 e. The van der Waals surface area contributed by atoms with Crippen molar-refractivity contribution in [2.45, 2.75) is 33.1 Å². The third kappa shape index (κ3) is 6.40. The van der Waals surface area contributed by atoms with E-state index in [9.17, 15) is 9.00 Å². The third-order valence-electron chi connectivity index (χ3n) is 3.12. The van der Waals surface area contributed by atoms with Crippen molar-refractivity contribution in [2.75, 3.05) is 5.75 Å². The minimum Gasteiger partial charge on any atom is -0.358 e. The number of aromatic nitrogens is 2. The molecule has 1 fully saturated rings. The standard InChI is InChI=1S/C13H17N3O2S.C2H6.CH3.K/c1-4-5-6-11-9(2)12(14-16(11)3)10-7-8-19(18)15-13(10)17;1-2;;/h4-6,10H,2,7-8H2,1,3H3,(H,15,17);1-2H3;1H3;/q;;-1;+1/b5-4-,11-6+;;;. The molecule has 0 saturated carbocycles. The van der Waals surface area contributed by atoms with Gasteiger partial charge in [-0.25, -0.2) is 4.21 Å².